The van der Waals surface area contributed by atoms with Crippen molar-refractivity contribution in [2.75, 3.05) is 15.1 Å². The van der Waals surface area contributed by atoms with Crippen molar-refractivity contribution in [2.24, 2.45) is 0 Å². The zero-order chi connectivity index (χ0) is 14.5. The number of para-hydroxylation sites is 5. The first-order valence-corrected chi connectivity index (χ1v) is 7.51. The van der Waals surface area contributed by atoms with Crippen molar-refractivity contribution in [1.82, 2.24) is 0 Å². The van der Waals surface area contributed by atoms with Crippen LogP contribution >= 0.6 is 0 Å². The number of nitrogens with one attached hydrogen (secondary N) is 1. The predicted octanol–water partition coefficient (Wildman–Crippen LogP) is 4.69. The Morgan fingerprint density at radius 3 is 1.95 bits per heavy atom. The zero-order valence-corrected chi connectivity index (χ0v) is 12.0. The summed E-state index contributed by atoms with van der Waals surface area (Å²) in [6, 6.07) is 27.6. The third-order valence-corrected chi connectivity index (χ3v) is 4.37. The molecule has 3 aromatic rings. The van der Waals surface area contributed by atoms with Crippen LogP contribution in [0.1, 0.15) is 0 Å². The lowest BCUT2D eigenvalue weighted by molar-refractivity contribution is 0.808. The van der Waals surface area contributed by atoms with Gasteiger partial charge in [0, 0.05) is 5.69 Å². The summed E-state index contributed by atoms with van der Waals surface area (Å²) in [6.45, 7) is 0. The Morgan fingerprint density at radius 1 is 0.591 bits per heavy atom. The van der Waals surface area contributed by atoms with E-state index in [9.17, 15) is 0 Å². The Hall–Kier alpha value is -2.94. The van der Waals surface area contributed by atoms with Crippen molar-refractivity contribution >= 4 is 28.4 Å². The SMILES string of the molecule is c1ccc(N2c3ccccc3N3c4ccccc4NC23)cc1. The third-order valence-electron chi connectivity index (χ3n) is 4.37. The molecular weight excluding hydrogens is 270 g/mol. The van der Waals surface area contributed by atoms with E-state index >= 15 is 0 Å². The predicted molar refractivity (Wildman–Crippen MR) is 91.0 cm³/mol. The summed E-state index contributed by atoms with van der Waals surface area (Å²) >= 11 is 0. The molecule has 2 aliphatic heterocycles. The van der Waals surface area contributed by atoms with Crippen molar-refractivity contribution in [3.05, 3.63) is 78.9 Å². The molecule has 106 valence electrons. The molecule has 2 heterocycles. The molecule has 2 aliphatic rings. The molecule has 0 radical (unpaired) electrons. The molecular formula is C19H15N3. The summed E-state index contributed by atoms with van der Waals surface area (Å²) in [5.74, 6) is 0. The highest BCUT2D eigenvalue weighted by atomic mass is 15.5. The molecule has 0 fully saturated rings. The molecule has 0 amide bonds. The second-order valence-electron chi connectivity index (χ2n) is 5.60. The normalized spacial score (nSPS) is 17.7. The number of rotatable bonds is 1. The maximum atomic E-state index is 3.64. The molecule has 22 heavy (non-hydrogen) atoms. The molecule has 3 nitrogen and oxygen atoms in total. The van der Waals surface area contributed by atoms with Gasteiger partial charge in [0.15, 0.2) is 6.29 Å². The van der Waals surface area contributed by atoms with Gasteiger partial charge in [-0.1, -0.05) is 42.5 Å². The molecule has 0 aromatic heterocycles. The van der Waals surface area contributed by atoms with Gasteiger partial charge in [0.05, 0.1) is 22.7 Å². The first kappa shape index (κ1) is 11.7. The summed E-state index contributed by atoms with van der Waals surface area (Å²) in [6.07, 6.45) is 0.0946. The van der Waals surface area contributed by atoms with E-state index in [0.717, 1.165) is 0 Å². The van der Waals surface area contributed by atoms with Gasteiger partial charge < -0.3 is 10.2 Å². The van der Waals surface area contributed by atoms with Crippen molar-refractivity contribution in [1.29, 1.82) is 0 Å². The summed E-state index contributed by atoms with van der Waals surface area (Å²) in [5, 5.41) is 3.64. The highest BCUT2D eigenvalue weighted by molar-refractivity contribution is 5.95. The first-order valence-electron chi connectivity index (χ1n) is 7.51. The summed E-state index contributed by atoms with van der Waals surface area (Å²) in [4.78, 5) is 4.73. The Labute approximate surface area is 129 Å². The van der Waals surface area contributed by atoms with E-state index in [0.29, 0.717) is 0 Å². The molecule has 3 aromatic carbocycles. The molecule has 1 N–H and O–H groups in total. The number of hydrogen-bond donors (Lipinski definition) is 1. The third kappa shape index (κ3) is 1.45. The molecule has 0 aliphatic carbocycles. The second kappa shape index (κ2) is 4.28. The van der Waals surface area contributed by atoms with Crippen LogP contribution in [0.2, 0.25) is 0 Å². The maximum Gasteiger partial charge on any atom is 0.187 e. The van der Waals surface area contributed by atoms with E-state index in [1.54, 1.807) is 0 Å². The Bertz CT molecular complexity index is 829. The molecule has 5 rings (SSSR count). The zero-order valence-electron chi connectivity index (χ0n) is 12.0. The van der Waals surface area contributed by atoms with Crippen LogP contribution in [0.5, 0.6) is 0 Å². The first-order chi connectivity index (χ1) is 10.9. The number of fused-ring (bicyclic) bond motifs is 5. The van der Waals surface area contributed by atoms with Gasteiger partial charge in [-0.3, -0.25) is 4.90 Å². The van der Waals surface area contributed by atoms with E-state index in [4.69, 9.17) is 0 Å². The molecule has 3 heteroatoms. The van der Waals surface area contributed by atoms with E-state index in [1.807, 2.05) is 0 Å². The quantitative estimate of drug-likeness (QED) is 0.700. The molecule has 1 atom stereocenters. The average Bonchev–Trinajstić information content (AvgIpc) is 3.10. The highest BCUT2D eigenvalue weighted by Crippen LogP contribution is 2.52. The molecule has 0 saturated carbocycles. The highest BCUT2D eigenvalue weighted by Gasteiger charge is 2.42. The minimum absolute atomic E-state index is 0.0946. The van der Waals surface area contributed by atoms with Crippen LogP contribution in [0.25, 0.3) is 0 Å². The molecule has 0 bridgehead atoms. The maximum absolute atomic E-state index is 3.64. The fourth-order valence-corrected chi connectivity index (χ4v) is 3.45. The lowest BCUT2D eigenvalue weighted by atomic mass is 10.2. The molecule has 1 unspecified atom stereocenters. The van der Waals surface area contributed by atoms with E-state index < -0.39 is 0 Å². The van der Waals surface area contributed by atoms with Gasteiger partial charge in [-0.15, -0.1) is 0 Å². The average molecular weight is 285 g/mol. The van der Waals surface area contributed by atoms with Gasteiger partial charge in [0.1, 0.15) is 0 Å². The smallest absolute Gasteiger partial charge is 0.187 e. The van der Waals surface area contributed by atoms with Crippen LogP contribution in [0.15, 0.2) is 78.9 Å². The number of anilines is 5. The van der Waals surface area contributed by atoms with Crippen molar-refractivity contribution < 1.29 is 0 Å². The minimum Gasteiger partial charge on any atom is -0.346 e. The van der Waals surface area contributed by atoms with Crippen molar-refractivity contribution in [3.63, 3.8) is 0 Å². The van der Waals surface area contributed by atoms with Crippen molar-refractivity contribution in [2.45, 2.75) is 6.29 Å². The van der Waals surface area contributed by atoms with E-state index in [1.165, 1.54) is 28.4 Å². The van der Waals surface area contributed by atoms with Crippen LogP contribution < -0.4 is 15.1 Å². The number of nitrogens with zero attached hydrogens (tertiary/aromatic N) is 2. The minimum atomic E-state index is 0.0946. The van der Waals surface area contributed by atoms with Crippen LogP contribution in [0, 0.1) is 0 Å². The van der Waals surface area contributed by atoms with Gasteiger partial charge >= 0.3 is 0 Å². The topological polar surface area (TPSA) is 18.5 Å². The van der Waals surface area contributed by atoms with Crippen LogP contribution in [-0.2, 0) is 0 Å². The van der Waals surface area contributed by atoms with Gasteiger partial charge in [-0.05, 0) is 36.4 Å². The Balaban J connectivity index is 1.73. The van der Waals surface area contributed by atoms with Gasteiger partial charge in [0.25, 0.3) is 0 Å². The van der Waals surface area contributed by atoms with Crippen LogP contribution in [0.4, 0.5) is 28.4 Å². The van der Waals surface area contributed by atoms with Crippen molar-refractivity contribution in [3.8, 4) is 0 Å². The van der Waals surface area contributed by atoms with Crippen LogP contribution in [-0.4, -0.2) is 6.29 Å². The van der Waals surface area contributed by atoms with Gasteiger partial charge in [-0.25, -0.2) is 0 Å². The Kier molecular flexibility index (Phi) is 2.27. The summed E-state index contributed by atoms with van der Waals surface area (Å²) < 4.78 is 0. The Morgan fingerprint density at radius 2 is 1.18 bits per heavy atom. The van der Waals surface area contributed by atoms with E-state index in [2.05, 4.69) is 94.0 Å². The van der Waals surface area contributed by atoms with Gasteiger partial charge in [-0.2, -0.15) is 0 Å². The number of benzene rings is 3. The lowest BCUT2D eigenvalue weighted by Gasteiger charge is -2.27. The van der Waals surface area contributed by atoms with Gasteiger partial charge in [0.2, 0.25) is 0 Å². The second-order valence-corrected chi connectivity index (χ2v) is 5.60. The fraction of sp³-hybridized carbons (Fsp3) is 0.0526. The lowest BCUT2D eigenvalue weighted by Crippen LogP contribution is -2.40. The summed E-state index contributed by atoms with van der Waals surface area (Å²) in [7, 11) is 0. The molecule has 0 saturated heterocycles. The molecule has 0 spiro atoms. The largest absolute Gasteiger partial charge is 0.346 e. The standard InChI is InChI=1S/C19H15N3/c1-2-8-14(9-3-1)21-17-12-6-7-13-18(17)22-16-11-5-4-10-15(16)20-19(21)22/h1-13,19-20H. The van der Waals surface area contributed by atoms with E-state index in [-0.39, 0.29) is 6.29 Å². The van der Waals surface area contributed by atoms with Crippen LogP contribution in [0.3, 0.4) is 0 Å². The summed E-state index contributed by atoms with van der Waals surface area (Å²) in [5.41, 5.74) is 6.10. The fourth-order valence-electron chi connectivity index (χ4n) is 3.45. The monoisotopic (exact) mass is 285 g/mol. The number of hydrogen-bond acceptors (Lipinski definition) is 3.